The van der Waals surface area contributed by atoms with Crippen molar-refractivity contribution in [2.24, 2.45) is 5.92 Å². The summed E-state index contributed by atoms with van der Waals surface area (Å²) in [4.78, 5) is 23.3. The summed E-state index contributed by atoms with van der Waals surface area (Å²) < 4.78 is 41.5. The number of benzene rings is 2. The number of halogens is 1. The number of carbonyl (C=O) groups is 1. The molecule has 178 valence electrons. The van der Waals surface area contributed by atoms with E-state index in [9.17, 15) is 27.7 Å². The highest BCUT2D eigenvalue weighted by atomic mass is 32.2. The van der Waals surface area contributed by atoms with Crippen LogP contribution in [0.15, 0.2) is 59.5 Å². The number of nitro benzene ring substituents is 1. The predicted molar refractivity (Wildman–Crippen MR) is 121 cm³/mol. The molecule has 10 nitrogen and oxygen atoms in total. The van der Waals surface area contributed by atoms with Crippen LogP contribution in [0.1, 0.15) is 18.5 Å². The van der Waals surface area contributed by atoms with Crippen LogP contribution in [0.3, 0.4) is 0 Å². The summed E-state index contributed by atoms with van der Waals surface area (Å²) in [7, 11) is -3.76. The molecule has 0 bridgehead atoms. The lowest BCUT2D eigenvalue weighted by atomic mass is 9.97. The van der Waals surface area contributed by atoms with E-state index in [0.717, 1.165) is 12.1 Å². The molecule has 2 aromatic carbocycles. The minimum absolute atomic E-state index is 0.0132. The fourth-order valence-corrected chi connectivity index (χ4v) is 5.31. The number of carbonyl (C=O) groups excluding carboxylic acids is 1. The number of amides is 1. The van der Waals surface area contributed by atoms with Crippen molar-refractivity contribution < 1.29 is 22.5 Å². The number of anilines is 1. The zero-order valence-corrected chi connectivity index (χ0v) is 19.0. The summed E-state index contributed by atoms with van der Waals surface area (Å²) in [6.07, 6.45) is 0.661. The first-order valence-electron chi connectivity index (χ1n) is 10.5. The van der Waals surface area contributed by atoms with E-state index < -0.39 is 26.7 Å². The molecule has 0 spiro atoms. The van der Waals surface area contributed by atoms with Gasteiger partial charge in [0.15, 0.2) is 0 Å². The second kappa shape index (κ2) is 9.31. The number of piperidine rings is 1. The van der Waals surface area contributed by atoms with Gasteiger partial charge in [-0.15, -0.1) is 0 Å². The average molecular weight is 488 g/mol. The number of hydrogen-bond donors (Lipinski definition) is 1. The van der Waals surface area contributed by atoms with E-state index in [1.54, 1.807) is 25.1 Å². The molecule has 1 aliphatic heterocycles. The smallest absolute Gasteiger partial charge is 0.269 e. The standard InChI is InChI=1S/C22H22FN5O5S/c1-15-14-21(27(25-15)18-4-6-19(7-5-18)28(30)31)24-22(29)16-10-12-26(13-11-16)34(32,33)20-8-2-17(23)3-9-20/h2-9,14,16H,10-13H2,1H3,(H,24,29). The van der Waals surface area contributed by atoms with Crippen molar-refractivity contribution in [3.05, 3.63) is 76.2 Å². The Morgan fingerprint density at radius 1 is 1.12 bits per heavy atom. The third-order valence-corrected chi connectivity index (χ3v) is 7.58. The lowest BCUT2D eigenvalue weighted by Crippen LogP contribution is -2.41. The van der Waals surface area contributed by atoms with Gasteiger partial charge in [-0.3, -0.25) is 14.9 Å². The summed E-state index contributed by atoms with van der Waals surface area (Å²) in [5.74, 6) is -0.766. The van der Waals surface area contributed by atoms with Crippen LogP contribution >= 0.6 is 0 Å². The van der Waals surface area contributed by atoms with Crippen LogP contribution in [0.2, 0.25) is 0 Å². The van der Waals surface area contributed by atoms with E-state index in [1.807, 2.05) is 0 Å². The first-order chi connectivity index (χ1) is 16.1. The highest BCUT2D eigenvalue weighted by molar-refractivity contribution is 7.89. The Morgan fingerprint density at radius 3 is 2.32 bits per heavy atom. The van der Waals surface area contributed by atoms with Gasteiger partial charge in [-0.25, -0.2) is 17.5 Å². The molecule has 4 rings (SSSR count). The summed E-state index contributed by atoms with van der Waals surface area (Å²) in [6, 6.07) is 12.1. The third kappa shape index (κ3) is 4.82. The zero-order chi connectivity index (χ0) is 24.5. The van der Waals surface area contributed by atoms with Crippen molar-refractivity contribution in [3.63, 3.8) is 0 Å². The van der Waals surface area contributed by atoms with Crippen LogP contribution in [-0.4, -0.2) is 46.4 Å². The van der Waals surface area contributed by atoms with Crippen molar-refractivity contribution in [1.29, 1.82) is 0 Å². The number of hydrogen-bond acceptors (Lipinski definition) is 6. The Balaban J connectivity index is 1.43. The van der Waals surface area contributed by atoms with Gasteiger partial charge in [0.25, 0.3) is 5.69 Å². The fourth-order valence-electron chi connectivity index (χ4n) is 3.84. The van der Waals surface area contributed by atoms with Gasteiger partial charge in [0, 0.05) is 37.2 Å². The summed E-state index contributed by atoms with van der Waals surface area (Å²) in [6.45, 7) is 2.09. The lowest BCUT2D eigenvalue weighted by Gasteiger charge is -2.30. The number of nitrogens with zero attached hydrogens (tertiary/aromatic N) is 4. The first-order valence-corrected chi connectivity index (χ1v) is 12.0. The molecule has 0 atom stereocenters. The number of sulfonamides is 1. The molecule has 0 saturated carbocycles. The van der Waals surface area contributed by atoms with E-state index in [2.05, 4.69) is 10.4 Å². The minimum atomic E-state index is -3.76. The number of rotatable bonds is 6. The van der Waals surface area contributed by atoms with Crippen molar-refractivity contribution >= 4 is 27.4 Å². The normalized spacial score (nSPS) is 15.2. The quantitative estimate of drug-likeness (QED) is 0.420. The molecule has 2 heterocycles. The van der Waals surface area contributed by atoms with Crippen LogP contribution in [0.4, 0.5) is 15.9 Å². The van der Waals surface area contributed by atoms with E-state index in [-0.39, 0.29) is 29.6 Å². The SMILES string of the molecule is Cc1cc(NC(=O)C2CCN(S(=O)(=O)c3ccc(F)cc3)CC2)n(-c2ccc([N+](=O)[O-])cc2)n1. The Labute approximate surface area is 195 Å². The van der Waals surface area contributed by atoms with Gasteiger partial charge in [0.05, 0.1) is 21.2 Å². The molecule has 0 aliphatic carbocycles. The van der Waals surface area contributed by atoms with E-state index >= 15 is 0 Å². The molecule has 3 aromatic rings. The molecular weight excluding hydrogens is 465 g/mol. The largest absolute Gasteiger partial charge is 0.310 e. The summed E-state index contributed by atoms with van der Waals surface area (Å²) in [5, 5.41) is 18.1. The van der Waals surface area contributed by atoms with Crippen LogP contribution in [0.5, 0.6) is 0 Å². The van der Waals surface area contributed by atoms with Gasteiger partial charge >= 0.3 is 0 Å². The van der Waals surface area contributed by atoms with Gasteiger partial charge in [0.2, 0.25) is 15.9 Å². The molecule has 1 aromatic heterocycles. The van der Waals surface area contributed by atoms with Crippen LogP contribution < -0.4 is 5.32 Å². The number of aryl methyl sites for hydroxylation is 1. The molecule has 1 N–H and O–H groups in total. The Morgan fingerprint density at radius 2 is 1.74 bits per heavy atom. The molecule has 0 radical (unpaired) electrons. The van der Waals surface area contributed by atoms with Gasteiger partial charge in [-0.1, -0.05) is 0 Å². The number of nitrogens with one attached hydrogen (secondary N) is 1. The zero-order valence-electron chi connectivity index (χ0n) is 18.2. The molecule has 34 heavy (non-hydrogen) atoms. The van der Waals surface area contributed by atoms with E-state index in [1.165, 1.54) is 33.3 Å². The van der Waals surface area contributed by atoms with E-state index in [0.29, 0.717) is 30.0 Å². The number of nitro groups is 1. The molecule has 1 amide bonds. The molecule has 12 heteroatoms. The fraction of sp³-hybridized carbons (Fsp3) is 0.273. The topological polar surface area (TPSA) is 127 Å². The second-order valence-electron chi connectivity index (χ2n) is 7.98. The van der Waals surface area contributed by atoms with Crippen molar-refractivity contribution in [2.75, 3.05) is 18.4 Å². The van der Waals surface area contributed by atoms with Gasteiger partial charge in [0.1, 0.15) is 11.6 Å². The Kier molecular flexibility index (Phi) is 6.44. The summed E-state index contributed by atoms with van der Waals surface area (Å²) >= 11 is 0. The van der Waals surface area contributed by atoms with E-state index in [4.69, 9.17) is 0 Å². The van der Waals surface area contributed by atoms with Gasteiger partial charge in [-0.05, 0) is 56.2 Å². The lowest BCUT2D eigenvalue weighted by molar-refractivity contribution is -0.384. The monoisotopic (exact) mass is 487 g/mol. The summed E-state index contributed by atoms with van der Waals surface area (Å²) in [5.41, 5.74) is 1.14. The highest BCUT2D eigenvalue weighted by Gasteiger charge is 2.32. The van der Waals surface area contributed by atoms with Gasteiger partial charge in [-0.2, -0.15) is 9.40 Å². The molecule has 1 fully saturated rings. The molecule has 1 aliphatic rings. The predicted octanol–water partition coefficient (Wildman–Crippen LogP) is 3.27. The van der Waals surface area contributed by atoms with Crippen LogP contribution in [-0.2, 0) is 14.8 Å². The van der Waals surface area contributed by atoms with Crippen molar-refractivity contribution in [3.8, 4) is 5.69 Å². The third-order valence-electron chi connectivity index (χ3n) is 5.66. The van der Waals surface area contributed by atoms with Crippen LogP contribution in [0, 0.1) is 28.8 Å². The highest BCUT2D eigenvalue weighted by Crippen LogP contribution is 2.26. The average Bonchev–Trinajstić information content (AvgIpc) is 3.19. The first kappa shape index (κ1) is 23.5. The Hall–Kier alpha value is -3.64. The maximum Gasteiger partial charge on any atom is 0.269 e. The second-order valence-corrected chi connectivity index (χ2v) is 9.92. The molecule has 1 saturated heterocycles. The maximum absolute atomic E-state index is 13.1. The van der Waals surface area contributed by atoms with Crippen LogP contribution in [0.25, 0.3) is 5.69 Å². The van der Waals surface area contributed by atoms with Crippen molar-refractivity contribution in [2.45, 2.75) is 24.7 Å². The Bertz CT molecular complexity index is 1310. The number of aromatic nitrogens is 2. The molecular formula is C22H22FN5O5S. The number of non-ortho nitro benzene ring substituents is 1. The maximum atomic E-state index is 13.1. The van der Waals surface area contributed by atoms with Gasteiger partial charge < -0.3 is 5.32 Å². The molecule has 0 unspecified atom stereocenters. The minimum Gasteiger partial charge on any atom is -0.310 e. The van der Waals surface area contributed by atoms with Crippen molar-refractivity contribution in [1.82, 2.24) is 14.1 Å².